The first-order valence-corrected chi connectivity index (χ1v) is 12.7. The normalized spacial score (nSPS) is 15.0. The molecule has 0 aliphatic carbocycles. The molecule has 0 fully saturated rings. The molecule has 1 atom stereocenters. The van der Waals surface area contributed by atoms with Crippen LogP contribution in [0.15, 0.2) is 72.8 Å². The average Bonchev–Trinajstić information content (AvgIpc) is 2.84. The van der Waals surface area contributed by atoms with Gasteiger partial charge in [-0.05, 0) is 50.1 Å². The van der Waals surface area contributed by atoms with Crippen molar-refractivity contribution in [3.63, 3.8) is 0 Å². The van der Waals surface area contributed by atoms with Crippen LogP contribution in [0.5, 0.6) is 11.5 Å². The van der Waals surface area contributed by atoms with Crippen LogP contribution < -0.4 is 15.8 Å². The molecular formula is C26H28NO6P. The summed E-state index contributed by atoms with van der Waals surface area (Å²) >= 11 is 0. The van der Waals surface area contributed by atoms with Crippen LogP contribution in [0, 0.1) is 0 Å². The molecule has 0 saturated heterocycles. The van der Waals surface area contributed by atoms with Crippen LogP contribution in [0.4, 0.5) is 0 Å². The molecular weight excluding hydrogens is 453 g/mol. The number of hydrogen-bond donors (Lipinski definition) is 2. The number of nitrogens with two attached hydrogens (primary N) is 1. The van der Waals surface area contributed by atoms with E-state index in [1.54, 1.807) is 38.1 Å². The second kappa shape index (κ2) is 9.72. The minimum atomic E-state index is -3.49. The van der Waals surface area contributed by atoms with Crippen molar-refractivity contribution in [3.05, 3.63) is 89.5 Å². The van der Waals surface area contributed by atoms with E-state index in [2.05, 4.69) is 0 Å². The Morgan fingerprint density at radius 2 is 1.44 bits per heavy atom. The first-order valence-electron chi connectivity index (χ1n) is 11.2. The van der Waals surface area contributed by atoms with Gasteiger partial charge in [0.1, 0.15) is 17.0 Å². The molecule has 3 aromatic rings. The quantitative estimate of drug-likeness (QED) is 0.407. The fourth-order valence-electron chi connectivity index (χ4n) is 4.35. The number of rotatable bonds is 9. The summed E-state index contributed by atoms with van der Waals surface area (Å²) in [6, 6.07) is 21.5. The molecule has 0 radical (unpaired) electrons. The van der Waals surface area contributed by atoms with E-state index >= 15 is 0 Å². The van der Waals surface area contributed by atoms with Crippen molar-refractivity contribution < 1.29 is 28.3 Å². The second-order valence-corrected chi connectivity index (χ2v) is 10.1. The molecule has 1 unspecified atom stereocenters. The molecule has 0 spiro atoms. The summed E-state index contributed by atoms with van der Waals surface area (Å²) in [6.07, 6.45) is 0.105. The lowest BCUT2D eigenvalue weighted by atomic mass is 9.75. The van der Waals surface area contributed by atoms with E-state index in [0.717, 1.165) is 11.1 Å². The van der Waals surface area contributed by atoms with Crippen molar-refractivity contribution in [1.82, 2.24) is 0 Å². The van der Waals surface area contributed by atoms with Gasteiger partial charge in [0.05, 0.1) is 18.5 Å². The molecule has 3 N–H and O–H groups in total. The summed E-state index contributed by atoms with van der Waals surface area (Å²) in [7, 11) is -3.49. The summed E-state index contributed by atoms with van der Waals surface area (Å²) in [6.45, 7) is 3.91. The number of para-hydroxylation sites is 2. The molecule has 4 rings (SSSR count). The van der Waals surface area contributed by atoms with Crippen molar-refractivity contribution in [2.45, 2.75) is 31.7 Å². The second-order valence-electron chi connectivity index (χ2n) is 8.09. The van der Waals surface area contributed by atoms with Gasteiger partial charge in [0.25, 0.3) is 0 Å². The van der Waals surface area contributed by atoms with Crippen molar-refractivity contribution in [1.29, 1.82) is 0 Å². The van der Waals surface area contributed by atoms with Gasteiger partial charge in [-0.15, -0.1) is 0 Å². The van der Waals surface area contributed by atoms with E-state index < -0.39 is 19.1 Å². The predicted molar refractivity (Wildman–Crippen MR) is 130 cm³/mol. The van der Waals surface area contributed by atoms with Gasteiger partial charge >= 0.3 is 13.6 Å². The molecule has 34 heavy (non-hydrogen) atoms. The van der Waals surface area contributed by atoms with Crippen LogP contribution in [0.3, 0.4) is 0 Å². The summed E-state index contributed by atoms with van der Waals surface area (Å²) in [4.78, 5) is 12.5. The monoisotopic (exact) mass is 481 g/mol. The lowest BCUT2D eigenvalue weighted by molar-refractivity contribution is -0.144. The molecule has 0 amide bonds. The summed E-state index contributed by atoms with van der Waals surface area (Å²) < 4.78 is 29.9. The molecule has 3 aromatic carbocycles. The SMILES string of the molecule is CCOP(=O)(OCC)c1ccc(C(N)(CC2c3ccccc3Oc3ccccc32)C(=O)O)cc1. The molecule has 0 bridgehead atoms. The minimum Gasteiger partial charge on any atom is -0.480 e. The molecule has 1 aliphatic heterocycles. The predicted octanol–water partition coefficient (Wildman–Crippen LogP) is 5.14. The van der Waals surface area contributed by atoms with Crippen LogP contribution in [0.25, 0.3) is 0 Å². The fourth-order valence-corrected chi connectivity index (χ4v) is 5.91. The zero-order valence-electron chi connectivity index (χ0n) is 19.1. The topological polar surface area (TPSA) is 108 Å². The van der Waals surface area contributed by atoms with E-state index in [1.165, 1.54) is 0 Å². The third-order valence-corrected chi connectivity index (χ3v) is 8.14. The van der Waals surface area contributed by atoms with Crippen LogP contribution in [0.1, 0.15) is 42.9 Å². The Morgan fingerprint density at radius 1 is 0.941 bits per heavy atom. The van der Waals surface area contributed by atoms with Gasteiger partial charge < -0.3 is 24.6 Å². The molecule has 8 heteroatoms. The van der Waals surface area contributed by atoms with E-state index in [9.17, 15) is 14.5 Å². The first-order chi connectivity index (χ1) is 16.3. The van der Waals surface area contributed by atoms with Gasteiger partial charge in [-0.3, -0.25) is 4.57 Å². The van der Waals surface area contributed by atoms with Gasteiger partial charge in [-0.2, -0.15) is 0 Å². The highest BCUT2D eigenvalue weighted by Crippen LogP contribution is 2.49. The highest BCUT2D eigenvalue weighted by Gasteiger charge is 2.42. The van der Waals surface area contributed by atoms with Gasteiger partial charge in [0.2, 0.25) is 0 Å². The third kappa shape index (κ3) is 4.40. The Bertz CT molecular complexity index is 1170. The molecule has 7 nitrogen and oxygen atoms in total. The third-order valence-electron chi connectivity index (χ3n) is 6.01. The molecule has 1 heterocycles. The Labute approximate surface area is 199 Å². The van der Waals surface area contributed by atoms with Crippen LogP contribution in [-0.2, 0) is 23.9 Å². The maximum absolute atomic E-state index is 13.1. The Kier molecular flexibility index (Phi) is 6.91. The van der Waals surface area contributed by atoms with Crippen LogP contribution in [0.2, 0.25) is 0 Å². The number of ether oxygens (including phenoxy) is 1. The van der Waals surface area contributed by atoms with Gasteiger partial charge in [0, 0.05) is 17.0 Å². The van der Waals surface area contributed by atoms with Crippen LogP contribution in [-0.4, -0.2) is 24.3 Å². The van der Waals surface area contributed by atoms with E-state index in [-0.39, 0.29) is 25.6 Å². The lowest BCUT2D eigenvalue weighted by Gasteiger charge is -2.34. The van der Waals surface area contributed by atoms with Gasteiger partial charge in [-0.1, -0.05) is 48.5 Å². The number of carboxylic acid groups (broad SMARTS) is 1. The summed E-state index contributed by atoms with van der Waals surface area (Å²) in [5.41, 5.74) is 7.06. The highest BCUT2D eigenvalue weighted by molar-refractivity contribution is 7.62. The minimum absolute atomic E-state index is 0.105. The standard InChI is InChI=1S/C26H28NO6P/c1-3-31-34(30,32-4-2)19-15-13-18(14-16-19)26(27,25(28)29)17-22-20-9-5-7-11-23(20)33-24-12-8-6-10-21(22)24/h5-16,22H,3-4,17,27H2,1-2H3,(H,28,29). The number of benzene rings is 3. The summed E-state index contributed by atoms with van der Waals surface area (Å²) in [5, 5.41) is 10.6. The number of carboxylic acids is 1. The van der Waals surface area contributed by atoms with Gasteiger partial charge in [0.15, 0.2) is 0 Å². The van der Waals surface area contributed by atoms with Crippen LogP contribution >= 0.6 is 7.60 Å². The lowest BCUT2D eigenvalue weighted by Crippen LogP contribution is -2.46. The molecule has 178 valence electrons. The Balaban J connectivity index is 1.73. The first kappa shape index (κ1) is 24.2. The highest BCUT2D eigenvalue weighted by atomic mass is 31.2. The van der Waals surface area contributed by atoms with Crippen molar-refractivity contribution in [2.75, 3.05) is 13.2 Å². The van der Waals surface area contributed by atoms with E-state index in [4.69, 9.17) is 19.5 Å². The zero-order chi connectivity index (χ0) is 24.3. The number of fused-ring (bicyclic) bond motifs is 2. The average molecular weight is 481 g/mol. The smallest absolute Gasteiger partial charge is 0.361 e. The van der Waals surface area contributed by atoms with E-state index in [1.807, 2.05) is 48.5 Å². The number of aliphatic carboxylic acids is 1. The van der Waals surface area contributed by atoms with Gasteiger partial charge in [-0.25, -0.2) is 4.79 Å². The molecule has 0 aromatic heterocycles. The van der Waals surface area contributed by atoms with Crippen molar-refractivity contribution >= 4 is 18.9 Å². The maximum Gasteiger partial charge on any atom is 0.361 e. The maximum atomic E-state index is 13.1. The molecule has 1 aliphatic rings. The zero-order valence-corrected chi connectivity index (χ0v) is 20.0. The fraction of sp³-hybridized carbons (Fsp3) is 0.269. The number of hydrogen-bond acceptors (Lipinski definition) is 6. The molecule has 0 saturated carbocycles. The van der Waals surface area contributed by atoms with E-state index in [0.29, 0.717) is 22.4 Å². The summed E-state index contributed by atoms with van der Waals surface area (Å²) in [5.74, 6) is -0.0771. The largest absolute Gasteiger partial charge is 0.480 e. The van der Waals surface area contributed by atoms with Crippen molar-refractivity contribution in [3.8, 4) is 11.5 Å². The number of carbonyl (C=O) groups is 1. The Morgan fingerprint density at radius 3 is 1.91 bits per heavy atom. The Hall–Kier alpha value is -2.96. The van der Waals surface area contributed by atoms with Crippen molar-refractivity contribution in [2.24, 2.45) is 5.73 Å².